The van der Waals surface area contributed by atoms with Crippen LogP contribution in [0.2, 0.25) is 5.02 Å². The summed E-state index contributed by atoms with van der Waals surface area (Å²) in [5, 5.41) is 3.10. The Hall–Kier alpha value is -2.40. The normalized spacial score (nSPS) is 19.4. The SMILES string of the molecule is CCN1C(=O)[C@H](Cc2ccccc2)C[C@H]1C(=O)NCc1ccc(F)cc1Cl. The third kappa shape index (κ3) is 4.48. The molecular formula is C21H22ClFN2O2. The van der Waals surface area contributed by atoms with Crippen LogP contribution < -0.4 is 5.32 Å². The van der Waals surface area contributed by atoms with Crippen LogP contribution in [0.1, 0.15) is 24.5 Å². The fraction of sp³-hybridized carbons (Fsp3) is 0.333. The fourth-order valence-electron chi connectivity index (χ4n) is 3.54. The monoisotopic (exact) mass is 388 g/mol. The molecule has 1 aliphatic rings. The summed E-state index contributed by atoms with van der Waals surface area (Å²) in [6.07, 6.45) is 1.12. The van der Waals surface area contributed by atoms with Gasteiger partial charge in [0.05, 0.1) is 0 Å². The molecule has 3 rings (SSSR count). The Bertz CT molecular complexity index is 828. The number of carbonyl (C=O) groups is 2. The second-order valence-corrected chi connectivity index (χ2v) is 7.12. The van der Waals surface area contributed by atoms with Gasteiger partial charge in [0, 0.05) is 24.0 Å². The lowest BCUT2D eigenvalue weighted by molar-refractivity contribution is -0.136. The first kappa shape index (κ1) is 19.4. The van der Waals surface area contributed by atoms with Crippen LogP contribution in [-0.4, -0.2) is 29.3 Å². The average Bonchev–Trinajstić information content (AvgIpc) is 2.97. The van der Waals surface area contributed by atoms with E-state index in [-0.39, 0.29) is 29.3 Å². The van der Waals surface area contributed by atoms with Crippen LogP contribution in [-0.2, 0) is 22.6 Å². The number of hydrogen-bond donors (Lipinski definition) is 1. The molecule has 0 unspecified atom stereocenters. The van der Waals surface area contributed by atoms with E-state index in [1.54, 1.807) is 11.0 Å². The van der Waals surface area contributed by atoms with Gasteiger partial charge in [-0.3, -0.25) is 9.59 Å². The van der Waals surface area contributed by atoms with Gasteiger partial charge in [0.2, 0.25) is 11.8 Å². The van der Waals surface area contributed by atoms with E-state index in [2.05, 4.69) is 5.32 Å². The Morgan fingerprint density at radius 1 is 1.26 bits per heavy atom. The molecule has 142 valence electrons. The molecule has 1 heterocycles. The maximum atomic E-state index is 13.1. The standard InChI is InChI=1S/C21H22ClFN2O2/c1-2-25-19(11-16(21(25)27)10-14-6-4-3-5-7-14)20(26)24-13-15-8-9-17(23)12-18(15)22/h3-9,12,16,19H,2,10-11,13H2,1H3,(H,24,26)/t16-,19+/m1/s1. The summed E-state index contributed by atoms with van der Waals surface area (Å²) in [7, 11) is 0. The molecule has 2 amide bonds. The molecule has 6 heteroatoms. The molecule has 0 bridgehead atoms. The van der Waals surface area contributed by atoms with Gasteiger partial charge < -0.3 is 10.2 Å². The van der Waals surface area contributed by atoms with Crippen molar-refractivity contribution in [2.75, 3.05) is 6.54 Å². The number of nitrogens with zero attached hydrogens (tertiary/aromatic N) is 1. The Morgan fingerprint density at radius 2 is 2.00 bits per heavy atom. The second-order valence-electron chi connectivity index (χ2n) is 6.72. The summed E-state index contributed by atoms with van der Waals surface area (Å²) in [6, 6.07) is 13.4. The molecule has 1 N–H and O–H groups in total. The molecule has 0 radical (unpaired) electrons. The third-order valence-electron chi connectivity index (χ3n) is 4.95. The van der Waals surface area contributed by atoms with Crippen molar-refractivity contribution in [2.24, 2.45) is 5.92 Å². The minimum Gasteiger partial charge on any atom is -0.350 e. The zero-order valence-corrected chi connectivity index (χ0v) is 15.9. The van der Waals surface area contributed by atoms with Gasteiger partial charge in [-0.25, -0.2) is 4.39 Å². The lowest BCUT2D eigenvalue weighted by Gasteiger charge is -2.22. The molecule has 1 aliphatic heterocycles. The molecule has 2 atom stereocenters. The van der Waals surface area contributed by atoms with E-state index < -0.39 is 11.9 Å². The van der Waals surface area contributed by atoms with Crippen molar-refractivity contribution in [3.05, 3.63) is 70.5 Å². The smallest absolute Gasteiger partial charge is 0.243 e. The minimum atomic E-state index is -0.490. The van der Waals surface area contributed by atoms with E-state index in [4.69, 9.17) is 11.6 Å². The summed E-state index contributed by atoms with van der Waals surface area (Å²) >= 11 is 6.01. The number of nitrogens with one attached hydrogen (secondary N) is 1. The maximum absolute atomic E-state index is 13.1. The molecule has 1 fully saturated rings. The Kier molecular flexibility index (Phi) is 6.11. The summed E-state index contributed by atoms with van der Waals surface area (Å²) in [6.45, 7) is 2.56. The highest BCUT2D eigenvalue weighted by Gasteiger charge is 2.42. The van der Waals surface area contributed by atoms with Crippen LogP contribution in [0, 0.1) is 11.7 Å². The number of hydrogen-bond acceptors (Lipinski definition) is 2. The highest BCUT2D eigenvalue weighted by Crippen LogP contribution is 2.28. The highest BCUT2D eigenvalue weighted by molar-refractivity contribution is 6.31. The van der Waals surface area contributed by atoms with Gasteiger partial charge in [-0.2, -0.15) is 0 Å². The molecule has 1 saturated heterocycles. The molecule has 4 nitrogen and oxygen atoms in total. The van der Waals surface area contributed by atoms with Gasteiger partial charge in [0.15, 0.2) is 0 Å². The summed E-state index contributed by atoms with van der Waals surface area (Å²) < 4.78 is 13.1. The molecule has 2 aromatic carbocycles. The van der Waals surface area contributed by atoms with E-state index >= 15 is 0 Å². The van der Waals surface area contributed by atoms with Crippen molar-refractivity contribution in [1.29, 1.82) is 0 Å². The van der Waals surface area contributed by atoms with Gasteiger partial charge >= 0.3 is 0 Å². The quantitative estimate of drug-likeness (QED) is 0.822. The molecule has 2 aromatic rings. The number of amides is 2. The Morgan fingerprint density at radius 3 is 2.67 bits per heavy atom. The Labute approximate surface area is 163 Å². The van der Waals surface area contributed by atoms with Gasteiger partial charge in [-0.15, -0.1) is 0 Å². The second kappa shape index (κ2) is 8.53. The number of halogens is 2. The van der Waals surface area contributed by atoms with Crippen LogP contribution in [0.25, 0.3) is 0 Å². The number of rotatable bonds is 6. The van der Waals surface area contributed by atoms with E-state index in [0.717, 1.165) is 5.56 Å². The summed E-state index contributed by atoms with van der Waals surface area (Å²) in [5.74, 6) is -0.808. The number of benzene rings is 2. The maximum Gasteiger partial charge on any atom is 0.243 e. The molecule has 0 aromatic heterocycles. The number of likely N-dealkylation sites (N-methyl/N-ethyl adjacent to an activating group) is 1. The first-order chi connectivity index (χ1) is 13.0. The topological polar surface area (TPSA) is 49.4 Å². The van der Waals surface area contributed by atoms with Crippen LogP contribution in [0.3, 0.4) is 0 Å². The minimum absolute atomic E-state index is 0.0151. The van der Waals surface area contributed by atoms with Crippen molar-refractivity contribution in [3.63, 3.8) is 0 Å². The lowest BCUT2D eigenvalue weighted by atomic mass is 9.96. The molecule has 0 saturated carbocycles. The van der Waals surface area contributed by atoms with Crippen molar-refractivity contribution in [1.82, 2.24) is 10.2 Å². The van der Waals surface area contributed by atoms with E-state index in [1.807, 2.05) is 37.3 Å². The van der Waals surface area contributed by atoms with E-state index in [1.165, 1.54) is 12.1 Å². The lowest BCUT2D eigenvalue weighted by Crippen LogP contribution is -2.44. The number of likely N-dealkylation sites (tertiary alicyclic amines) is 1. The molecule has 0 aliphatic carbocycles. The highest BCUT2D eigenvalue weighted by atomic mass is 35.5. The van der Waals surface area contributed by atoms with Crippen LogP contribution in [0.5, 0.6) is 0 Å². The van der Waals surface area contributed by atoms with Gasteiger partial charge in [-0.05, 0) is 43.0 Å². The van der Waals surface area contributed by atoms with Crippen molar-refractivity contribution in [3.8, 4) is 0 Å². The van der Waals surface area contributed by atoms with Crippen molar-refractivity contribution < 1.29 is 14.0 Å². The zero-order valence-electron chi connectivity index (χ0n) is 15.1. The van der Waals surface area contributed by atoms with Crippen LogP contribution in [0.4, 0.5) is 4.39 Å². The molecule has 0 spiro atoms. The largest absolute Gasteiger partial charge is 0.350 e. The fourth-order valence-corrected chi connectivity index (χ4v) is 3.78. The predicted molar refractivity (Wildman–Crippen MR) is 103 cm³/mol. The summed E-state index contributed by atoms with van der Waals surface area (Å²) in [5.41, 5.74) is 1.73. The average molecular weight is 389 g/mol. The van der Waals surface area contributed by atoms with Gasteiger partial charge in [0.1, 0.15) is 11.9 Å². The zero-order chi connectivity index (χ0) is 19.4. The van der Waals surface area contributed by atoms with Crippen molar-refractivity contribution >= 4 is 23.4 Å². The van der Waals surface area contributed by atoms with E-state index in [9.17, 15) is 14.0 Å². The molecule has 27 heavy (non-hydrogen) atoms. The summed E-state index contributed by atoms with van der Waals surface area (Å²) in [4.78, 5) is 27.0. The van der Waals surface area contributed by atoms with Crippen molar-refractivity contribution in [2.45, 2.75) is 32.4 Å². The van der Waals surface area contributed by atoms with Gasteiger partial charge in [0.25, 0.3) is 0 Å². The predicted octanol–water partition coefficient (Wildman–Crippen LogP) is 3.58. The third-order valence-corrected chi connectivity index (χ3v) is 5.30. The van der Waals surface area contributed by atoms with Gasteiger partial charge in [-0.1, -0.05) is 48.0 Å². The first-order valence-corrected chi connectivity index (χ1v) is 9.43. The number of carbonyl (C=O) groups excluding carboxylic acids is 2. The first-order valence-electron chi connectivity index (χ1n) is 9.05. The Balaban J connectivity index is 1.65. The van der Waals surface area contributed by atoms with Crippen LogP contribution >= 0.6 is 11.6 Å². The van der Waals surface area contributed by atoms with Crippen LogP contribution in [0.15, 0.2) is 48.5 Å². The molecular weight excluding hydrogens is 367 g/mol. The van der Waals surface area contributed by atoms with E-state index in [0.29, 0.717) is 24.9 Å².